The van der Waals surface area contributed by atoms with Gasteiger partial charge >= 0.3 is 0 Å². The molecule has 0 aliphatic heterocycles. The smallest absolute Gasteiger partial charge is 0.0456 e. The fourth-order valence-corrected chi connectivity index (χ4v) is 0.739. The molecule has 1 aromatic rings. The van der Waals surface area contributed by atoms with Gasteiger partial charge < -0.3 is 4.90 Å². The van der Waals surface area contributed by atoms with E-state index in [0.717, 1.165) is 4.90 Å². The lowest BCUT2D eigenvalue weighted by molar-refractivity contribution is 1.13. The molecule has 0 radical (unpaired) electrons. The van der Waals surface area contributed by atoms with E-state index < -0.39 is 14.0 Å². The zero-order chi connectivity index (χ0) is 10.7. The first-order valence-electron chi connectivity index (χ1n) is 5.06. The fraction of sp³-hybridized carbons (Fsp3) is 0.250. The second-order valence-corrected chi connectivity index (χ2v) is 2.32. The van der Waals surface area contributed by atoms with Crippen molar-refractivity contribution in [2.24, 2.45) is 0 Å². The zero-order valence-electron chi connectivity index (χ0n) is 9.29. The van der Waals surface area contributed by atoms with Crippen LogP contribution in [0.25, 0.3) is 0 Å². The number of hydrogen-bond donors (Lipinski definition) is 0. The summed E-state index contributed by atoms with van der Waals surface area (Å²) in [6.45, 7) is -2.73. The summed E-state index contributed by atoms with van der Waals surface area (Å²) in [5.74, 6) is 0. The first-order valence-corrected chi connectivity index (χ1v) is 3.13. The molecule has 0 bridgehead atoms. The Morgan fingerprint density at radius 3 is 2.40 bits per heavy atom. The zero-order valence-corrected chi connectivity index (χ0v) is 6.05. The lowest BCUT2D eigenvalue weighted by Crippen LogP contribution is -2.07. The van der Waals surface area contributed by atoms with Crippen molar-refractivity contribution in [2.75, 3.05) is 18.9 Å². The first-order chi connectivity index (χ1) is 6.52. The molecule has 0 spiro atoms. The molecule has 0 atom stereocenters. The molecule has 0 heterocycles. The lowest BCUT2D eigenvalue weighted by Gasteiger charge is -2.11. The molecule has 1 nitrogen and oxygen atoms in total. The van der Waals surface area contributed by atoms with Crippen LogP contribution in [0.2, 0.25) is 5.02 Å². The van der Waals surface area contributed by atoms with Crippen LogP contribution in [-0.2, 0) is 0 Å². The molecule has 1 rings (SSSR count). The summed E-state index contributed by atoms with van der Waals surface area (Å²) in [5, 5.41) is 0.548. The van der Waals surface area contributed by atoms with Crippen LogP contribution in [0.4, 0.5) is 5.69 Å². The summed E-state index contributed by atoms with van der Waals surface area (Å²) in [5.41, 5.74) is 0.486. The Hall–Kier alpha value is -0.690. The third-order valence-corrected chi connectivity index (χ3v) is 1.38. The van der Waals surface area contributed by atoms with Gasteiger partial charge in [-0.1, -0.05) is 11.6 Å². The van der Waals surface area contributed by atoms with E-state index >= 15 is 0 Å². The van der Waals surface area contributed by atoms with Gasteiger partial charge in [0.2, 0.25) is 0 Å². The summed E-state index contributed by atoms with van der Waals surface area (Å²) in [7, 11) is 0. The van der Waals surface area contributed by atoms with E-state index in [2.05, 4.69) is 0 Å². The molecule has 0 aliphatic rings. The SMILES string of the molecule is [2H]C([2H])N(c1ccc(Cl)cc1)C([2H])[2H]. The summed E-state index contributed by atoms with van der Waals surface area (Å²) in [6.07, 6.45) is 0. The molecule has 0 N–H and O–H groups in total. The van der Waals surface area contributed by atoms with Crippen LogP contribution >= 0.6 is 11.6 Å². The number of benzene rings is 1. The lowest BCUT2D eigenvalue weighted by atomic mass is 10.3. The van der Waals surface area contributed by atoms with Crippen molar-refractivity contribution in [3.63, 3.8) is 0 Å². The number of hydrogen-bond acceptors (Lipinski definition) is 1. The molecular weight excluding hydrogens is 146 g/mol. The third-order valence-electron chi connectivity index (χ3n) is 1.12. The van der Waals surface area contributed by atoms with Crippen LogP contribution in [0.5, 0.6) is 0 Å². The van der Waals surface area contributed by atoms with Gasteiger partial charge in [-0.2, -0.15) is 0 Å². The Kier molecular flexibility index (Phi) is 1.06. The van der Waals surface area contributed by atoms with Crippen molar-refractivity contribution in [1.82, 2.24) is 0 Å². The van der Waals surface area contributed by atoms with E-state index in [9.17, 15) is 0 Å². The molecule has 0 saturated carbocycles. The van der Waals surface area contributed by atoms with Crippen molar-refractivity contribution < 1.29 is 5.48 Å². The van der Waals surface area contributed by atoms with Crippen molar-refractivity contribution >= 4 is 17.3 Å². The molecule has 10 heavy (non-hydrogen) atoms. The summed E-state index contributed by atoms with van der Waals surface area (Å²) in [4.78, 5) is 1.04. The Balaban J connectivity index is 2.94. The van der Waals surface area contributed by atoms with Gasteiger partial charge in [0.05, 0.1) is 0 Å². The van der Waals surface area contributed by atoms with Gasteiger partial charge in [-0.25, -0.2) is 0 Å². The maximum atomic E-state index is 7.18. The van der Waals surface area contributed by atoms with Gasteiger partial charge in [0.25, 0.3) is 0 Å². The second-order valence-electron chi connectivity index (χ2n) is 1.88. The highest BCUT2D eigenvalue weighted by atomic mass is 35.5. The quantitative estimate of drug-likeness (QED) is 0.609. The molecule has 0 saturated heterocycles. The van der Waals surface area contributed by atoms with Crippen molar-refractivity contribution in [2.45, 2.75) is 0 Å². The summed E-state index contributed by atoms with van der Waals surface area (Å²) in [6, 6.07) is 6.40. The van der Waals surface area contributed by atoms with E-state index in [1.54, 1.807) is 24.3 Å². The molecule has 54 valence electrons. The molecule has 0 amide bonds. The minimum atomic E-state index is -1.36. The highest BCUT2D eigenvalue weighted by Gasteiger charge is 1.91. The van der Waals surface area contributed by atoms with E-state index in [-0.39, 0.29) is 0 Å². The van der Waals surface area contributed by atoms with Gasteiger partial charge in [0, 0.05) is 30.2 Å². The summed E-state index contributed by atoms with van der Waals surface area (Å²) >= 11 is 5.67. The van der Waals surface area contributed by atoms with E-state index in [4.69, 9.17) is 17.1 Å². The predicted molar refractivity (Wildman–Crippen MR) is 45.8 cm³/mol. The van der Waals surface area contributed by atoms with Crippen LogP contribution < -0.4 is 4.90 Å². The van der Waals surface area contributed by atoms with E-state index in [1.807, 2.05) is 0 Å². The Morgan fingerprint density at radius 2 is 1.90 bits per heavy atom. The van der Waals surface area contributed by atoms with Crippen LogP contribution in [-0.4, -0.2) is 14.0 Å². The van der Waals surface area contributed by atoms with Crippen molar-refractivity contribution in [3.05, 3.63) is 29.3 Å². The van der Waals surface area contributed by atoms with Crippen molar-refractivity contribution in [3.8, 4) is 0 Å². The number of nitrogens with zero attached hydrogens (tertiary/aromatic N) is 1. The first kappa shape index (κ1) is 3.63. The Bertz CT molecular complexity index is 280. The van der Waals surface area contributed by atoms with Gasteiger partial charge in [0.1, 0.15) is 0 Å². The molecule has 2 heteroatoms. The van der Waals surface area contributed by atoms with Crippen LogP contribution in [0.15, 0.2) is 24.3 Å². The average molecular weight is 160 g/mol. The molecule has 0 fully saturated rings. The maximum absolute atomic E-state index is 7.18. The standard InChI is InChI=1S/C8H10ClN/c1-10(2)8-5-3-7(9)4-6-8/h3-6H,1-2H3/i1D2,2D2. The maximum Gasteiger partial charge on any atom is 0.0456 e. The minimum Gasteiger partial charge on any atom is -0.378 e. The number of rotatable bonds is 1. The van der Waals surface area contributed by atoms with Gasteiger partial charge in [0.15, 0.2) is 0 Å². The van der Waals surface area contributed by atoms with Crippen LogP contribution in [0.1, 0.15) is 5.48 Å². The Labute approximate surface area is 71.8 Å². The fourth-order valence-electron chi connectivity index (χ4n) is 0.613. The topological polar surface area (TPSA) is 3.24 Å². The average Bonchev–Trinajstić information content (AvgIpc) is 2.07. The highest BCUT2D eigenvalue weighted by Crippen LogP contribution is 2.14. The monoisotopic (exact) mass is 159 g/mol. The van der Waals surface area contributed by atoms with Crippen LogP contribution in [0, 0.1) is 0 Å². The van der Waals surface area contributed by atoms with E-state index in [1.165, 1.54) is 0 Å². The summed E-state index contributed by atoms with van der Waals surface area (Å²) < 4.78 is 28.7. The molecule has 0 aliphatic carbocycles. The number of halogens is 1. The minimum absolute atomic E-state index is 0.486. The van der Waals surface area contributed by atoms with Gasteiger partial charge in [-0.05, 0) is 24.3 Å². The van der Waals surface area contributed by atoms with Gasteiger partial charge in [-0.3, -0.25) is 0 Å². The van der Waals surface area contributed by atoms with Gasteiger partial charge in [-0.15, -0.1) is 0 Å². The predicted octanol–water partition coefficient (Wildman–Crippen LogP) is 2.41. The normalized spacial score (nSPS) is 15.9. The van der Waals surface area contributed by atoms with Crippen molar-refractivity contribution in [1.29, 1.82) is 0 Å². The molecule has 0 aromatic heterocycles. The second kappa shape index (κ2) is 2.93. The molecule has 0 unspecified atom stereocenters. The van der Waals surface area contributed by atoms with Crippen LogP contribution in [0.3, 0.4) is 0 Å². The third kappa shape index (κ3) is 1.64. The highest BCUT2D eigenvalue weighted by molar-refractivity contribution is 6.30. The number of anilines is 1. The van der Waals surface area contributed by atoms with E-state index in [0.29, 0.717) is 10.7 Å². The largest absolute Gasteiger partial charge is 0.378 e. The molecular formula is C8H10ClN. The molecule has 1 aromatic carbocycles. The Morgan fingerprint density at radius 1 is 1.30 bits per heavy atom.